The fourth-order valence-corrected chi connectivity index (χ4v) is 3.09. The molecule has 0 spiro atoms. The zero-order valence-electron chi connectivity index (χ0n) is 10.7. The molecule has 0 saturated carbocycles. The molecule has 0 aliphatic carbocycles. The molecule has 2 heterocycles. The topological polar surface area (TPSA) is 72.9 Å². The van der Waals surface area contributed by atoms with Crippen LogP contribution >= 0.6 is 11.3 Å². The largest absolute Gasteiger partial charge is 0.343 e. The highest BCUT2D eigenvalue weighted by Gasteiger charge is 2.10. The lowest BCUT2D eigenvalue weighted by atomic mass is 10.3. The monoisotopic (exact) mass is 286 g/mol. The smallest absolute Gasteiger partial charge is 0.281 e. The van der Waals surface area contributed by atoms with E-state index in [1.807, 2.05) is 35.0 Å². The lowest BCUT2D eigenvalue weighted by Gasteiger charge is -2.06. The van der Waals surface area contributed by atoms with Crippen molar-refractivity contribution in [2.24, 2.45) is 5.84 Å². The zero-order chi connectivity index (χ0) is 13.9. The van der Waals surface area contributed by atoms with E-state index in [9.17, 15) is 4.79 Å². The van der Waals surface area contributed by atoms with Crippen LogP contribution < -0.4 is 11.3 Å². The molecule has 2 aromatic heterocycles. The van der Waals surface area contributed by atoms with Crippen LogP contribution in [0, 0.1) is 0 Å². The number of para-hydroxylation sites is 1. The summed E-state index contributed by atoms with van der Waals surface area (Å²) in [4.78, 5) is 16.2. The van der Waals surface area contributed by atoms with Crippen molar-refractivity contribution in [2.45, 2.75) is 13.0 Å². The first-order chi connectivity index (χ1) is 9.78. The van der Waals surface area contributed by atoms with Gasteiger partial charge in [-0.3, -0.25) is 10.2 Å². The molecule has 6 heteroatoms. The van der Waals surface area contributed by atoms with Gasteiger partial charge in [0.15, 0.2) is 0 Å². The van der Waals surface area contributed by atoms with Crippen LogP contribution in [-0.4, -0.2) is 15.5 Å². The van der Waals surface area contributed by atoms with Crippen molar-refractivity contribution in [3.05, 3.63) is 53.3 Å². The minimum absolute atomic E-state index is 0.278. The molecule has 5 nitrogen and oxygen atoms in total. The van der Waals surface area contributed by atoms with E-state index in [0.717, 1.165) is 16.9 Å². The first kappa shape index (κ1) is 12.8. The standard InChI is InChI=1S/C14H14N4OS/c15-17-14(19)11-5-3-8-18(11)9-7-13-16-10-4-1-2-6-12(10)20-13/h1-6,8H,7,9,15H2,(H,17,19). The molecule has 0 unspecified atom stereocenters. The van der Waals surface area contributed by atoms with E-state index in [2.05, 4.69) is 16.5 Å². The number of nitrogens with two attached hydrogens (primary N) is 1. The number of benzene rings is 1. The van der Waals surface area contributed by atoms with Crippen molar-refractivity contribution < 1.29 is 4.79 Å². The minimum Gasteiger partial charge on any atom is -0.343 e. The average Bonchev–Trinajstić information content (AvgIpc) is 3.10. The molecule has 0 saturated heterocycles. The molecule has 20 heavy (non-hydrogen) atoms. The number of hydrazine groups is 1. The molecular formula is C14H14N4OS. The molecule has 3 aromatic rings. The van der Waals surface area contributed by atoms with Crippen LogP contribution in [0.3, 0.4) is 0 Å². The summed E-state index contributed by atoms with van der Waals surface area (Å²) < 4.78 is 3.07. The number of aryl methyl sites for hydroxylation is 2. The number of nitrogen functional groups attached to an aromatic ring is 1. The van der Waals surface area contributed by atoms with Gasteiger partial charge in [0.05, 0.1) is 15.2 Å². The maximum absolute atomic E-state index is 11.6. The van der Waals surface area contributed by atoms with Gasteiger partial charge >= 0.3 is 0 Å². The van der Waals surface area contributed by atoms with Crippen LogP contribution in [0.15, 0.2) is 42.6 Å². The molecule has 3 N–H and O–H groups in total. The van der Waals surface area contributed by atoms with Gasteiger partial charge in [-0.05, 0) is 24.3 Å². The number of hydrogen-bond donors (Lipinski definition) is 2. The van der Waals surface area contributed by atoms with E-state index in [4.69, 9.17) is 5.84 Å². The Morgan fingerprint density at radius 1 is 1.30 bits per heavy atom. The van der Waals surface area contributed by atoms with Gasteiger partial charge in [0.25, 0.3) is 5.91 Å². The molecule has 0 fully saturated rings. The number of nitrogens with zero attached hydrogens (tertiary/aromatic N) is 2. The summed E-state index contributed by atoms with van der Waals surface area (Å²) in [5, 5.41) is 1.07. The second-order valence-corrected chi connectivity index (χ2v) is 5.50. The summed E-state index contributed by atoms with van der Waals surface area (Å²) in [6.45, 7) is 0.704. The summed E-state index contributed by atoms with van der Waals surface area (Å²) in [6.07, 6.45) is 2.66. The molecule has 0 bridgehead atoms. The quantitative estimate of drug-likeness (QED) is 0.437. The lowest BCUT2D eigenvalue weighted by Crippen LogP contribution is -2.31. The van der Waals surface area contributed by atoms with Gasteiger partial charge < -0.3 is 4.57 Å². The highest BCUT2D eigenvalue weighted by atomic mass is 32.1. The van der Waals surface area contributed by atoms with Crippen molar-refractivity contribution in [1.82, 2.24) is 15.0 Å². The second kappa shape index (κ2) is 5.44. The minimum atomic E-state index is -0.278. The summed E-state index contributed by atoms with van der Waals surface area (Å²) in [5.74, 6) is 4.89. The number of carbonyl (C=O) groups excluding carboxylic acids is 1. The molecule has 0 aliphatic rings. The van der Waals surface area contributed by atoms with Crippen LogP contribution in [0.1, 0.15) is 15.5 Å². The number of amides is 1. The summed E-state index contributed by atoms with van der Waals surface area (Å²) in [6, 6.07) is 11.7. The van der Waals surface area contributed by atoms with E-state index in [1.54, 1.807) is 17.4 Å². The third kappa shape index (κ3) is 2.43. The van der Waals surface area contributed by atoms with E-state index >= 15 is 0 Å². The van der Waals surface area contributed by atoms with Crippen LogP contribution in [0.25, 0.3) is 10.2 Å². The predicted octanol–water partition coefficient (Wildman–Crippen LogP) is 1.94. The first-order valence-corrected chi connectivity index (χ1v) is 7.10. The Balaban J connectivity index is 1.76. The number of aromatic nitrogens is 2. The van der Waals surface area contributed by atoms with E-state index in [1.165, 1.54) is 4.70 Å². The zero-order valence-corrected chi connectivity index (χ0v) is 11.6. The van der Waals surface area contributed by atoms with Crippen molar-refractivity contribution in [3.63, 3.8) is 0 Å². The van der Waals surface area contributed by atoms with Crippen molar-refractivity contribution >= 4 is 27.5 Å². The van der Waals surface area contributed by atoms with Crippen LogP contribution in [0.2, 0.25) is 0 Å². The number of nitrogens with one attached hydrogen (secondary N) is 1. The SMILES string of the molecule is NNC(=O)c1cccn1CCc1nc2ccccc2s1. The number of thiazole rings is 1. The van der Waals surface area contributed by atoms with Crippen LogP contribution in [-0.2, 0) is 13.0 Å². The molecule has 3 rings (SSSR count). The Labute approximate surface area is 120 Å². The van der Waals surface area contributed by atoms with Gasteiger partial charge in [0.1, 0.15) is 5.69 Å². The summed E-state index contributed by atoms with van der Waals surface area (Å²) in [5.41, 5.74) is 3.75. The van der Waals surface area contributed by atoms with Crippen molar-refractivity contribution in [1.29, 1.82) is 0 Å². The number of rotatable bonds is 4. The van der Waals surface area contributed by atoms with Gasteiger partial charge in [0, 0.05) is 19.2 Å². The predicted molar refractivity (Wildman–Crippen MR) is 79.4 cm³/mol. The van der Waals surface area contributed by atoms with E-state index < -0.39 is 0 Å². The van der Waals surface area contributed by atoms with Crippen LogP contribution in [0.5, 0.6) is 0 Å². The maximum atomic E-state index is 11.6. The summed E-state index contributed by atoms with van der Waals surface area (Å²) in [7, 11) is 0. The normalized spacial score (nSPS) is 10.8. The molecule has 1 amide bonds. The van der Waals surface area contributed by atoms with E-state index in [0.29, 0.717) is 12.2 Å². The average molecular weight is 286 g/mol. The van der Waals surface area contributed by atoms with Crippen molar-refractivity contribution in [2.75, 3.05) is 0 Å². The Kier molecular flexibility index (Phi) is 3.49. The van der Waals surface area contributed by atoms with Gasteiger partial charge in [-0.1, -0.05) is 12.1 Å². The fourth-order valence-electron chi connectivity index (χ4n) is 2.13. The Morgan fingerprint density at radius 2 is 2.15 bits per heavy atom. The molecule has 1 aromatic carbocycles. The van der Waals surface area contributed by atoms with Crippen LogP contribution in [0.4, 0.5) is 0 Å². The number of hydrogen-bond acceptors (Lipinski definition) is 4. The fraction of sp³-hybridized carbons (Fsp3) is 0.143. The molecule has 102 valence electrons. The van der Waals surface area contributed by atoms with Gasteiger partial charge in [-0.2, -0.15) is 0 Å². The highest BCUT2D eigenvalue weighted by Crippen LogP contribution is 2.22. The maximum Gasteiger partial charge on any atom is 0.281 e. The second-order valence-electron chi connectivity index (χ2n) is 4.39. The third-order valence-electron chi connectivity index (χ3n) is 3.10. The number of carbonyl (C=O) groups is 1. The third-order valence-corrected chi connectivity index (χ3v) is 4.19. The molecule has 0 aliphatic heterocycles. The Morgan fingerprint density at radius 3 is 2.95 bits per heavy atom. The molecule has 0 radical (unpaired) electrons. The summed E-state index contributed by atoms with van der Waals surface area (Å²) >= 11 is 1.69. The van der Waals surface area contributed by atoms with Gasteiger partial charge in [-0.15, -0.1) is 11.3 Å². The number of fused-ring (bicyclic) bond motifs is 1. The molecule has 0 atom stereocenters. The van der Waals surface area contributed by atoms with Gasteiger partial charge in [0.2, 0.25) is 0 Å². The first-order valence-electron chi connectivity index (χ1n) is 6.28. The van der Waals surface area contributed by atoms with Crippen molar-refractivity contribution in [3.8, 4) is 0 Å². The Bertz CT molecular complexity index is 713. The van der Waals surface area contributed by atoms with Gasteiger partial charge in [-0.25, -0.2) is 10.8 Å². The van der Waals surface area contributed by atoms with E-state index in [-0.39, 0.29) is 5.91 Å². The molecular weight excluding hydrogens is 272 g/mol. The lowest BCUT2D eigenvalue weighted by molar-refractivity contribution is 0.0944. The Hall–Kier alpha value is -2.18. The highest BCUT2D eigenvalue weighted by molar-refractivity contribution is 7.18.